The molecule has 4 aromatic rings. The van der Waals surface area contributed by atoms with Gasteiger partial charge in [0, 0.05) is 11.6 Å². The molecule has 6 rings (SSSR count). The first kappa shape index (κ1) is 31.7. The average molecular weight is 646 g/mol. The highest BCUT2D eigenvalue weighted by atomic mass is 19.4. The van der Waals surface area contributed by atoms with Crippen LogP contribution in [-0.2, 0) is 15.7 Å². The first-order chi connectivity index (χ1) is 22.6. The van der Waals surface area contributed by atoms with E-state index in [1.165, 1.54) is 53.5 Å². The summed E-state index contributed by atoms with van der Waals surface area (Å²) in [6, 6.07) is 21.9. The molecular formula is C36H28F5N3O3. The Morgan fingerprint density at radius 3 is 2.34 bits per heavy atom. The Balaban J connectivity index is 1.23. The van der Waals surface area contributed by atoms with Crippen molar-refractivity contribution in [2.24, 2.45) is 11.0 Å². The van der Waals surface area contributed by atoms with E-state index in [-0.39, 0.29) is 28.7 Å². The maximum Gasteiger partial charge on any atom is 0.416 e. The number of hydrogen-bond acceptors (Lipinski definition) is 5. The number of esters is 1. The number of rotatable bonds is 7. The fraction of sp³-hybridized carbons (Fsp3) is 0.194. The van der Waals surface area contributed by atoms with Crippen LogP contribution in [0.5, 0.6) is 0 Å². The third-order valence-electron chi connectivity index (χ3n) is 8.12. The number of hydrazone groups is 1. The van der Waals surface area contributed by atoms with Gasteiger partial charge in [0.2, 0.25) is 0 Å². The quantitative estimate of drug-likeness (QED) is 0.161. The van der Waals surface area contributed by atoms with Crippen molar-refractivity contribution in [3.05, 3.63) is 137 Å². The number of ether oxygens (including phenoxy) is 1. The first-order valence-corrected chi connectivity index (χ1v) is 14.9. The number of benzene rings is 4. The van der Waals surface area contributed by atoms with E-state index in [4.69, 9.17) is 9.84 Å². The topological polar surface area (TPSA) is 71.0 Å². The predicted molar refractivity (Wildman–Crippen MR) is 167 cm³/mol. The van der Waals surface area contributed by atoms with Gasteiger partial charge in [-0.25, -0.2) is 18.6 Å². The van der Waals surface area contributed by atoms with Gasteiger partial charge in [-0.1, -0.05) is 42.5 Å². The maximum absolute atomic E-state index is 13.9. The van der Waals surface area contributed by atoms with Gasteiger partial charge in [0.15, 0.2) is 6.61 Å². The molecule has 11 heteroatoms. The number of hydrogen-bond donors (Lipinski definition) is 1. The largest absolute Gasteiger partial charge is 0.452 e. The Kier molecular flexibility index (Phi) is 8.88. The van der Waals surface area contributed by atoms with Crippen LogP contribution in [0.1, 0.15) is 52.4 Å². The van der Waals surface area contributed by atoms with Crippen molar-refractivity contribution < 1.29 is 36.3 Å². The third kappa shape index (κ3) is 7.09. The number of alkyl halides is 3. The molecule has 1 aliphatic carbocycles. The maximum atomic E-state index is 13.9. The predicted octanol–water partition coefficient (Wildman–Crippen LogP) is 8.71. The highest BCUT2D eigenvalue weighted by Gasteiger charge is 2.44. The van der Waals surface area contributed by atoms with Crippen molar-refractivity contribution >= 4 is 35.0 Å². The zero-order chi connectivity index (χ0) is 33.1. The number of anilines is 2. The number of nitrogens with zero attached hydrogens (tertiary/aromatic N) is 2. The molecule has 0 bridgehead atoms. The molecule has 0 aromatic heterocycles. The summed E-state index contributed by atoms with van der Waals surface area (Å²) in [5, 5.41) is 8.81. The summed E-state index contributed by atoms with van der Waals surface area (Å²) in [6.07, 6.45) is -0.429. The molecule has 4 aromatic carbocycles. The van der Waals surface area contributed by atoms with Gasteiger partial charge in [-0.05, 0) is 96.6 Å². The van der Waals surface area contributed by atoms with E-state index in [1.54, 1.807) is 36.4 Å². The van der Waals surface area contributed by atoms with Gasteiger partial charge in [0.25, 0.3) is 5.91 Å². The van der Waals surface area contributed by atoms with Crippen molar-refractivity contribution in [2.45, 2.75) is 31.5 Å². The minimum atomic E-state index is -4.55. The fourth-order valence-electron chi connectivity index (χ4n) is 5.93. The van der Waals surface area contributed by atoms with Gasteiger partial charge >= 0.3 is 12.1 Å². The number of carbonyl (C=O) groups excluding carboxylic acids is 2. The standard InChI is InChI=1S/C36H28F5N3O3/c37-26-15-11-22(12-16-26)19-24-5-3-9-30-33(24)43-44(34(30)23-13-17-27(38)18-14-23)32(45)21-47-35(46)29-8-1-2-10-31(29)42-28-7-4-6-25(20-28)36(39,40)41/h1-2,4,6-8,10-20,30,34,42H,3,5,9,21H2/b24-19+. The molecule has 6 nitrogen and oxygen atoms in total. The van der Waals surface area contributed by atoms with E-state index in [1.807, 2.05) is 6.08 Å². The molecule has 1 heterocycles. The molecule has 2 aliphatic rings. The van der Waals surface area contributed by atoms with Crippen LogP contribution < -0.4 is 5.32 Å². The first-order valence-electron chi connectivity index (χ1n) is 14.9. The summed E-state index contributed by atoms with van der Waals surface area (Å²) >= 11 is 0. The van der Waals surface area contributed by atoms with E-state index in [2.05, 4.69) is 5.32 Å². The third-order valence-corrected chi connectivity index (χ3v) is 8.12. The number of nitrogens with one attached hydrogen (secondary N) is 1. The monoisotopic (exact) mass is 645 g/mol. The Morgan fingerprint density at radius 2 is 1.62 bits per heavy atom. The molecule has 1 aliphatic heterocycles. The minimum absolute atomic E-state index is 0.0127. The van der Waals surface area contributed by atoms with Crippen LogP contribution in [0.4, 0.5) is 33.3 Å². The van der Waals surface area contributed by atoms with Crippen LogP contribution in [0.15, 0.2) is 108 Å². The molecule has 0 spiro atoms. The van der Waals surface area contributed by atoms with Crippen molar-refractivity contribution in [3.63, 3.8) is 0 Å². The highest BCUT2D eigenvalue weighted by molar-refractivity contribution is 6.08. The summed E-state index contributed by atoms with van der Waals surface area (Å²) in [7, 11) is 0. The highest BCUT2D eigenvalue weighted by Crippen LogP contribution is 2.44. The Labute approximate surface area is 267 Å². The van der Waals surface area contributed by atoms with Crippen molar-refractivity contribution in [1.82, 2.24) is 5.01 Å². The zero-order valence-corrected chi connectivity index (χ0v) is 24.8. The SMILES string of the molecule is O=C(OCC(=O)N1N=C2/C(=C/c3ccc(F)cc3)CCCC2C1c1ccc(F)cc1)c1ccccc1Nc1cccc(C(F)(F)F)c1. The van der Waals surface area contributed by atoms with Crippen LogP contribution in [0.2, 0.25) is 0 Å². The molecule has 47 heavy (non-hydrogen) atoms. The molecule has 2 unspecified atom stereocenters. The van der Waals surface area contributed by atoms with Crippen LogP contribution in [0.3, 0.4) is 0 Å². The van der Waals surface area contributed by atoms with E-state index in [0.717, 1.165) is 29.7 Å². The molecule has 240 valence electrons. The number of halogens is 5. The van der Waals surface area contributed by atoms with Crippen molar-refractivity contribution in [1.29, 1.82) is 0 Å². The lowest BCUT2D eigenvalue weighted by Crippen LogP contribution is -2.34. The van der Waals surface area contributed by atoms with Gasteiger partial charge in [-0.2, -0.15) is 18.3 Å². The van der Waals surface area contributed by atoms with E-state index in [0.29, 0.717) is 24.1 Å². The summed E-state index contributed by atoms with van der Waals surface area (Å²) in [6.45, 7) is -0.672. The molecule has 2 atom stereocenters. The van der Waals surface area contributed by atoms with E-state index >= 15 is 0 Å². The van der Waals surface area contributed by atoms with Gasteiger partial charge in [0.1, 0.15) is 11.6 Å². The van der Waals surface area contributed by atoms with Gasteiger partial charge in [-0.3, -0.25) is 4.79 Å². The second-order valence-electron chi connectivity index (χ2n) is 11.3. The van der Waals surface area contributed by atoms with Crippen LogP contribution in [0.25, 0.3) is 6.08 Å². The van der Waals surface area contributed by atoms with Gasteiger partial charge in [0.05, 0.1) is 28.6 Å². The number of carbonyl (C=O) groups is 2. The number of para-hydroxylation sites is 1. The summed E-state index contributed by atoms with van der Waals surface area (Å²) in [5.74, 6) is -2.48. The molecule has 1 amide bonds. The van der Waals surface area contributed by atoms with Gasteiger partial charge in [-0.15, -0.1) is 0 Å². The molecule has 1 fully saturated rings. The smallest absolute Gasteiger partial charge is 0.416 e. The molecule has 1 N–H and O–H groups in total. The Morgan fingerprint density at radius 1 is 0.915 bits per heavy atom. The molecule has 0 saturated heterocycles. The number of allylic oxidation sites excluding steroid dienone is 1. The second kappa shape index (κ2) is 13.2. The second-order valence-corrected chi connectivity index (χ2v) is 11.3. The molecule has 0 radical (unpaired) electrons. The Bertz CT molecular complexity index is 1850. The van der Waals surface area contributed by atoms with E-state index < -0.39 is 42.1 Å². The lowest BCUT2D eigenvalue weighted by atomic mass is 9.77. The lowest BCUT2D eigenvalue weighted by molar-refractivity contribution is -0.138. The van der Waals surface area contributed by atoms with Crippen LogP contribution in [-0.4, -0.2) is 29.2 Å². The van der Waals surface area contributed by atoms with E-state index in [9.17, 15) is 31.5 Å². The normalized spacial score (nSPS) is 18.4. The summed E-state index contributed by atoms with van der Waals surface area (Å²) in [5.41, 5.74) is 2.47. The Hall–Kier alpha value is -5.32. The minimum Gasteiger partial charge on any atom is -0.452 e. The fourth-order valence-corrected chi connectivity index (χ4v) is 5.93. The summed E-state index contributed by atoms with van der Waals surface area (Å²) in [4.78, 5) is 26.9. The molecular weight excluding hydrogens is 617 g/mol. The van der Waals surface area contributed by atoms with Crippen LogP contribution >= 0.6 is 0 Å². The van der Waals surface area contributed by atoms with Crippen molar-refractivity contribution in [2.75, 3.05) is 11.9 Å². The zero-order valence-electron chi connectivity index (χ0n) is 24.8. The van der Waals surface area contributed by atoms with Gasteiger partial charge < -0.3 is 10.1 Å². The lowest BCUT2D eigenvalue weighted by Gasteiger charge is -2.29. The number of fused-ring (bicyclic) bond motifs is 1. The average Bonchev–Trinajstić information content (AvgIpc) is 3.46. The summed E-state index contributed by atoms with van der Waals surface area (Å²) < 4.78 is 72.4. The van der Waals surface area contributed by atoms with Crippen LogP contribution in [0, 0.1) is 17.6 Å². The van der Waals surface area contributed by atoms with Crippen molar-refractivity contribution in [3.8, 4) is 0 Å². The number of amides is 1. The molecule has 1 saturated carbocycles.